The monoisotopic (exact) mass is 363 g/mol. The molecule has 1 atom stereocenters. The molecule has 0 aliphatic heterocycles. The second kappa shape index (κ2) is 9.01. The van der Waals surface area contributed by atoms with Crippen molar-refractivity contribution in [2.45, 2.75) is 6.61 Å². The fourth-order valence-electron chi connectivity index (χ4n) is 1.90. The third-order valence-corrected chi connectivity index (χ3v) is 4.26. The average molecular weight is 363 g/mol. The molecule has 132 valence electrons. The van der Waals surface area contributed by atoms with Gasteiger partial charge in [0.25, 0.3) is 0 Å². The van der Waals surface area contributed by atoms with Gasteiger partial charge in [-0.3, -0.25) is 4.79 Å². The predicted octanol–water partition coefficient (Wildman–Crippen LogP) is 2.75. The summed E-state index contributed by atoms with van der Waals surface area (Å²) in [5, 5.41) is 2.24. The number of alkyl carbamates (subject to hydrolysis) is 1. The number of carbonyl (C=O) groups excluding carboxylic acids is 2. The molecule has 0 saturated carbocycles. The van der Waals surface area contributed by atoms with E-state index in [1.165, 1.54) is 12.1 Å². The molecule has 25 heavy (non-hydrogen) atoms. The summed E-state index contributed by atoms with van der Waals surface area (Å²) in [4.78, 5) is 33.0. The van der Waals surface area contributed by atoms with Gasteiger partial charge >= 0.3 is 13.7 Å². The van der Waals surface area contributed by atoms with E-state index in [1.807, 2.05) is 18.2 Å². The van der Waals surface area contributed by atoms with Crippen LogP contribution in [0.2, 0.25) is 0 Å². The van der Waals surface area contributed by atoms with Gasteiger partial charge in [0.15, 0.2) is 5.78 Å². The fraction of sp³-hybridized carbons (Fsp3) is 0.176. The van der Waals surface area contributed by atoms with Gasteiger partial charge in [0, 0.05) is 0 Å². The third-order valence-electron chi connectivity index (χ3n) is 3.01. The molecule has 0 bridgehead atoms. The number of nitrogens with one attached hydrogen (secondary N) is 1. The van der Waals surface area contributed by atoms with Crippen molar-refractivity contribution in [2.24, 2.45) is 0 Å². The molecule has 2 aromatic carbocycles. The Balaban J connectivity index is 1.72. The maximum atomic E-state index is 11.9. The van der Waals surface area contributed by atoms with Gasteiger partial charge in [-0.05, 0) is 17.7 Å². The molecule has 2 N–H and O–H groups in total. The van der Waals surface area contributed by atoms with Crippen LogP contribution in [0, 0.1) is 0 Å². The van der Waals surface area contributed by atoms with E-state index in [4.69, 9.17) is 9.26 Å². The average Bonchev–Trinajstić information content (AvgIpc) is 2.59. The highest BCUT2D eigenvalue weighted by Crippen LogP contribution is 2.42. The Kier molecular flexibility index (Phi) is 6.74. The topological polar surface area (TPSA) is 102 Å². The number of ketones is 1. The second-order valence-electron chi connectivity index (χ2n) is 5.15. The molecule has 0 aromatic heterocycles. The quantitative estimate of drug-likeness (QED) is 0.699. The standard InChI is InChI=1S/C17H18NO6P/c19-15(13-25(21,22)24-16-9-5-2-6-10-16)11-18-17(20)23-12-14-7-3-1-4-8-14/h1-10H,11-13H2,(H,18,20)(H,21,22). The number of rotatable bonds is 8. The smallest absolute Gasteiger partial charge is 0.407 e. The molecule has 0 spiro atoms. The highest BCUT2D eigenvalue weighted by molar-refractivity contribution is 7.54. The summed E-state index contributed by atoms with van der Waals surface area (Å²) in [6, 6.07) is 17.1. The van der Waals surface area contributed by atoms with Gasteiger partial charge in [-0.2, -0.15) is 0 Å². The van der Waals surface area contributed by atoms with Gasteiger partial charge in [-0.15, -0.1) is 0 Å². The lowest BCUT2D eigenvalue weighted by atomic mass is 10.2. The van der Waals surface area contributed by atoms with Crippen molar-refractivity contribution in [1.82, 2.24) is 5.32 Å². The number of hydrogen-bond donors (Lipinski definition) is 2. The zero-order valence-electron chi connectivity index (χ0n) is 13.3. The number of benzene rings is 2. The molecular formula is C17H18NO6P. The van der Waals surface area contributed by atoms with Crippen molar-refractivity contribution in [2.75, 3.05) is 12.7 Å². The summed E-state index contributed by atoms with van der Waals surface area (Å²) in [5.41, 5.74) is 0.806. The largest absolute Gasteiger partial charge is 0.445 e. The molecule has 8 heteroatoms. The number of hydrogen-bond acceptors (Lipinski definition) is 5. The molecule has 0 heterocycles. The summed E-state index contributed by atoms with van der Waals surface area (Å²) in [7, 11) is -4.14. The molecule has 0 aliphatic carbocycles. The second-order valence-corrected chi connectivity index (χ2v) is 6.93. The first-order valence-corrected chi connectivity index (χ1v) is 9.23. The summed E-state index contributed by atoms with van der Waals surface area (Å²) < 4.78 is 21.8. The number of Topliss-reactive ketones (excluding diaryl/α,β-unsaturated/α-hetero) is 1. The molecule has 1 amide bonds. The van der Waals surface area contributed by atoms with Gasteiger partial charge in [0.1, 0.15) is 18.5 Å². The zero-order chi connectivity index (χ0) is 18.1. The lowest BCUT2D eigenvalue weighted by molar-refractivity contribution is -0.116. The van der Waals surface area contributed by atoms with Gasteiger partial charge in [0.2, 0.25) is 0 Å². The SMILES string of the molecule is O=C(CNC(=O)OCc1ccccc1)CP(=O)(O)Oc1ccccc1. The number of amides is 1. The normalized spacial score (nSPS) is 12.7. The molecule has 2 aromatic rings. The van der Waals surface area contributed by atoms with Crippen molar-refractivity contribution in [3.63, 3.8) is 0 Å². The van der Waals surface area contributed by atoms with Crippen molar-refractivity contribution >= 4 is 19.5 Å². The molecule has 0 radical (unpaired) electrons. The summed E-state index contributed by atoms with van der Waals surface area (Å²) in [6.45, 7) is -0.354. The van der Waals surface area contributed by atoms with Crippen molar-refractivity contribution in [3.8, 4) is 5.75 Å². The van der Waals surface area contributed by atoms with Crippen LogP contribution in [0.4, 0.5) is 4.79 Å². The van der Waals surface area contributed by atoms with Crippen LogP contribution in [-0.4, -0.2) is 29.5 Å². The van der Waals surface area contributed by atoms with E-state index in [-0.39, 0.29) is 12.4 Å². The maximum Gasteiger partial charge on any atom is 0.407 e. The van der Waals surface area contributed by atoms with Crippen LogP contribution in [0.1, 0.15) is 5.56 Å². The van der Waals surface area contributed by atoms with Gasteiger partial charge in [-0.1, -0.05) is 48.5 Å². The Bertz CT molecular complexity index is 750. The van der Waals surface area contributed by atoms with Crippen molar-refractivity contribution in [3.05, 3.63) is 66.2 Å². The Morgan fingerprint density at radius 2 is 1.60 bits per heavy atom. The Hall–Kier alpha value is -2.63. The minimum absolute atomic E-state index is 0.0659. The van der Waals surface area contributed by atoms with E-state index in [0.717, 1.165) is 5.56 Å². The number of para-hydroxylation sites is 1. The minimum Gasteiger partial charge on any atom is -0.445 e. The van der Waals surface area contributed by atoms with Crippen LogP contribution in [0.25, 0.3) is 0 Å². The van der Waals surface area contributed by atoms with E-state index < -0.39 is 32.2 Å². The minimum atomic E-state index is -4.14. The first kappa shape index (κ1) is 18.7. The Morgan fingerprint density at radius 3 is 2.24 bits per heavy atom. The van der Waals surface area contributed by atoms with E-state index >= 15 is 0 Å². The Morgan fingerprint density at radius 1 is 1.00 bits per heavy atom. The third kappa shape index (κ3) is 7.20. The lowest BCUT2D eigenvalue weighted by Gasteiger charge is -2.13. The molecule has 0 aliphatic rings. The van der Waals surface area contributed by atoms with E-state index in [2.05, 4.69) is 5.32 Å². The Labute approximate surface area is 145 Å². The van der Waals surface area contributed by atoms with E-state index in [1.54, 1.807) is 30.3 Å². The van der Waals surface area contributed by atoms with Crippen LogP contribution in [-0.2, 0) is 20.7 Å². The first-order chi connectivity index (χ1) is 11.9. The molecule has 0 fully saturated rings. The number of carbonyl (C=O) groups is 2. The van der Waals surface area contributed by atoms with Crippen LogP contribution < -0.4 is 9.84 Å². The van der Waals surface area contributed by atoms with Gasteiger partial charge in [0.05, 0.1) is 6.54 Å². The zero-order valence-corrected chi connectivity index (χ0v) is 14.2. The van der Waals surface area contributed by atoms with Gasteiger partial charge < -0.3 is 19.5 Å². The lowest BCUT2D eigenvalue weighted by Crippen LogP contribution is -2.31. The molecular weight excluding hydrogens is 345 g/mol. The number of ether oxygens (including phenoxy) is 1. The highest BCUT2D eigenvalue weighted by Gasteiger charge is 2.25. The van der Waals surface area contributed by atoms with Crippen molar-refractivity contribution < 1.29 is 28.3 Å². The first-order valence-electron chi connectivity index (χ1n) is 7.47. The summed E-state index contributed by atoms with van der Waals surface area (Å²) in [6.07, 6.45) is -1.49. The highest BCUT2D eigenvalue weighted by atomic mass is 31.2. The van der Waals surface area contributed by atoms with E-state index in [9.17, 15) is 19.0 Å². The van der Waals surface area contributed by atoms with E-state index in [0.29, 0.717) is 0 Å². The van der Waals surface area contributed by atoms with Crippen LogP contribution in [0.5, 0.6) is 5.75 Å². The van der Waals surface area contributed by atoms with Crippen molar-refractivity contribution in [1.29, 1.82) is 0 Å². The summed E-state index contributed by atoms with van der Waals surface area (Å²) >= 11 is 0. The fourth-order valence-corrected chi connectivity index (χ4v) is 2.98. The molecule has 2 rings (SSSR count). The van der Waals surface area contributed by atoms with Crippen LogP contribution >= 0.6 is 7.60 Å². The van der Waals surface area contributed by atoms with Crippen LogP contribution in [0.3, 0.4) is 0 Å². The molecule has 7 nitrogen and oxygen atoms in total. The van der Waals surface area contributed by atoms with Gasteiger partial charge in [-0.25, -0.2) is 9.36 Å². The predicted molar refractivity (Wildman–Crippen MR) is 91.4 cm³/mol. The van der Waals surface area contributed by atoms with Crippen LogP contribution in [0.15, 0.2) is 60.7 Å². The maximum absolute atomic E-state index is 11.9. The summed E-state index contributed by atoms with van der Waals surface area (Å²) in [5.74, 6) is -0.449. The molecule has 0 saturated heterocycles. The molecule has 1 unspecified atom stereocenters.